The molecule has 0 saturated carbocycles. The SMILES string of the molecule is Cc1c(C(C)NC(=O)C(C)(C)COCc2ccccc2)cnn1C. The highest BCUT2D eigenvalue weighted by molar-refractivity contribution is 5.82. The lowest BCUT2D eigenvalue weighted by Crippen LogP contribution is -2.41. The number of hydrogen-bond donors (Lipinski definition) is 1. The molecule has 0 saturated heterocycles. The summed E-state index contributed by atoms with van der Waals surface area (Å²) in [6.45, 7) is 8.65. The smallest absolute Gasteiger partial charge is 0.228 e. The summed E-state index contributed by atoms with van der Waals surface area (Å²) in [5, 5.41) is 7.30. The van der Waals surface area contributed by atoms with Crippen LogP contribution in [0.15, 0.2) is 36.5 Å². The van der Waals surface area contributed by atoms with E-state index in [0.29, 0.717) is 13.2 Å². The lowest BCUT2D eigenvalue weighted by Gasteiger charge is -2.26. The number of carbonyl (C=O) groups excluding carboxylic acids is 1. The van der Waals surface area contributed by atoms with E-state index in [1.54, 1.807) is 6.20 Å². The molecule has 0 fully saturated rings. The summed E-state index contributed by atoms with van der Waals surface area (Å²) in [5.74, 6) is -0.0219. The summed E-state index contributed by atoms with van der Waals surface area (Å²) in [6.07, 6.45) is 1.80. The number of nitrogens with zero attached hydrogens (tertiary/aromatic N) is 2. The monoisotopic (exact) mass is 329 g/mol. The quantitative estimate of drug-likeness (QED) is 0.849. The van der Waals surface area contributed by atoms with Crippen molar-refractivity contribution in [1.29, 1.82) is 0 Å². The first kappa shape index (κ1) is 18.2. The Morgan fingerprint density at radius 3 is 2.58 bits per heavy atom. The third-order valence-electron chi connectivity index (χ3n) is 4.28. The normalized spacial score (nSPS) is 12.9. The zero-order valence-electron chi connectivity index (χ0n) is 15.2. The molecule has 2 aromatic rings. The highest BCUT2D eigenvalue weighted by Crippen LogP contribution is 2.21. The van der Waals surface area contributed by atoms with Crippen LogP contribution in [-0.4, -0.2) is 22.3 Å². The van der Waals surface area contributed by atoms with E-state index in [-0.39, 0.29) is 11.9 Å². The molecule has 1 N–H and O–H groups in total. The second kappa shape index (κ2) is 7.62. The molecule has 24 heavy (non-hydrogen) atoms. The van der Waals surface area contributed by atoms with Crippen molar-refractivity contribution in [3.05, 3.63) is 53.3 Å². The van der Waals surface area contributed by atoms with Crippen LogP contribution < -0.4 is 5.32 Å². The zero-order valence-corrected chi connectivity index (χ0v) is 15.2. The van der Waals surface area contributed by atoms with Gasteiger partial charge in [-0.05, 0) is 33.3 Å². The molecule has 0 spiro atoms. The molecule has 1 aromatic heterocycles. The Labute approximate surface area is 144 Å². The van der Waals surface area contributed by atoms with E-state index in [0.717, 1.165) is 16.8 Å². The van der Waals surface area contributed by atoms with Crippen molar-refractivity contribution in [2.45, 2.75) is 40.3 Å². The minimum atomic E-state index is -0.598. The first-order valence-corrected chi connectivity index (χ1v) is 8.22. The second-order valence-corrected chi connectivity index (χ2v) is 6.87. The number of nitrogens with one attached hydrogen (secondary N) is 1. The van der Waals surface area contributed by atoms with Crippen LogP contribution in [0.1, 0.15) is 43.6 Å². The van der Waals surface area contributed by atoms with Crippen LogP contribution in [0.4, 0.5) is 0 Å². The van der Waals surface area contributed by atoms with Crippen LogP contribution >= 0.6 is 0 Å². The number of benzene rings is 1. The maximum atomic E-state index is 12.6. The lowest BCUT2D eigenvalue weighted by molar-refractivity contribution is -0.133. The van der Waals surface area contributed by atoms with Gasteiger partial charge in [-0.1, -0.05) is 30.3 Å². The first-order valence-electron chi connectivity index (χ1n) is 8.22. The third-order valence-corrected chi connectivity index (χ3v) is 4.28. The standard InChI is InChI=1S/C19H27N3O2/c1-14(17-11-20-22(5)15(17)2)21-18(23)19(3,4)13-24-12-16-9-7-6-8-10-16/h6-11,14H,12-13H2,1-5H3,(H,21,23). The minimum absolute atomic E-state index is 0.0219. The van der Waals surface area contributed by atoms with Crippen molar-refractivity contribution >= 4 is 5.91 Å². The molecule has 0 radical (unpaired) electrons. The van der Waals surface area contributed by atoms with Crippen molar-refractivity contribution in [3.8, 4) is 0 Å². The Balaban J connectivity index is 1.88. The van der Waals surface area contributed by atoms with Gasteiger partial charge < -0.3 is 10.1 Å². The molecule has 1 atom stereocenters. The second-order valence-electron chi connectivity index (χ2n) is 6.87. The van der Waals surface area contributed by atoms with Gasteiger partial charge in [0, 0.05) is 18.3 Å². The number of carbonyl (C=O) groups is 1. The van der Waals surface area contributed by atoms with Gasteiger partial charge >= 0.3 is 0 Å². The van der Waals surface area contributed by atoms with Gasteiger partial charge in [-0.25, -0.2) is 0 Å². The molecule has 1 aromatic carbocycles. The van der Waals surface area contributed by atoms with Crippen LogP contribution in [0.25, 0.3) is 0 Å². The maximum Gasteiger partial charge on any atom is 0.228 e. The Kier molecular flexibility index (Phi) is 5.78. The maximum absolute atomic E-state index is 12.6. The van der Waals surface area contributed by atoms with Gasteiger partial charge in [0.1, 0.15) is 0 Å². The fraction of sp³-hybridized carbons (Fsp3) is 0.474. The Morgan fingerprint density at radius 1 is 1.33 bits per heavy atom. The van der Waals surface area contributed by atoms with Crippen LogP contribution in [0, 0.1) is 12.3 Å². The van der Waals surface area contributed by atoms with E-state index in [1.165, 1.54) is 0 Å². The van der Waals surface area contributed by atoms with E-state index in [2.05, 4.69) is 10.4 Å². The Morgan fingerprint density at radius 2 is 2.00 bits per heavy atom. The largest absolute Gasteiger partial charge is 0.376 e. The first-order chi connectivity index (χ1) is 11.3. The van der Waals surface area contributed by atoms with Gasteiger partial charge in [0.15, 0.2) is 0 Å². The molecular weight excluding hydrogens is 302 g/mol. The van der Waals surface area contributed by atoms with Crippen molar-refractivity contribution in [2.75, 3.05) is 6.61 Å². The molecule has 0 bridgehead atoms. The molecular formula is C19H27N3O2. The number of rotatable bonds is 7. The molecule has 0 aliphatic carbocycles. The Bertz CT molecular complexity index is 677. The minimum Gasteiger partial charge on any atom is -0.376 e. The van der Waals surface area contributed by atoms with Gasteiger partial charge in [0.25, 0.3) is 0 Å². The van der Waals surface area contributed by atoms with E-state index in [4.69, 9.17) is 4.74 Å². The lowest BCUT2D eigenvalue weighted by atomic mass is 9.92. The number of aromatic nitrogens is 2. The van der Waals surface area contributed by atoms with Crippen LogP contribution in [-0.2, 0) is 23.2 Å². The average Bonchev–Trinajstić information content (AvgIpc) is 2.87. The van der Waals surface area contributed by atoms with Gasteiger partial charge in [0.2, 0.25) is 5.91 Å². The molecule has 1 unspecified atom stereocenters. The summed E-state index contributed by atoms with van der Waals surface area (Å²) in [6, 6.07) is 9.88. The summed E-state index contributed by atoms with van der Waals surface area (Å²) < 4.78 is 7.56. The molecule has 5 heteroatoms. The fourth-order valence-electron chi connectivity index (χ4n) is 2.47. The summed E-state index contributed by atoms with van der Waals surface area (Å²) in [5.41, 5.74) is 2.60. The predicted octanol–water partition coefficient (Wildman–Crippen LogP) is 3.15. The van der Waals surface area contributed by atoms with Crippen LogP contribution in [0.5, 0.6) is 0 Å². The van der Waals surface area contributed by atoms with Crippen molar-refractivity contribution < 1.29 is 9.53 Å². The summed E-state index contributed by atoms with van der Waals surface area (Å²) in [4.78, 5) is 12.6. The summed E-state index contributed by atoms with van der Waals surface area (Å²) in [7, 11) is 1.90. The van der Waals surface area contributed by atoms with E-state index in [9.17, 15) is 4.79 Å². The molecule has 1 heterocycles. The van der Waals surface area contributed by atoms with Gasteiger partial charge in [0.05, 0.1) is 30.9 Å². The molecule has 130 valence electrons. The number of amides is 1. The van der Waals surface area contributed by atoms with E-state index >= 15 is 0 Å². The topological polar surface area (TPSA) is 56.1 Å². The van der Waals surface area contributed by atoms with Crippen molar-refractivity contribution in [3.63, 3.8) is 0 Å². The molecule has 0 aliphatic heterocycles. The highest BCUT2D eigenvalue weighted by Gasteiger charge is 2.29. The summed E-state index contributed by atoms with van der Waals surface area (Å²) >= 11 is 0. The van der Waals surface area contributed by atoms with Gasteiger partial charge in [-0.2, -0.15) is 5.10 Å². The number of hydrogen-bond acceptors (Lipinski definition) is 3. The molecule has 5 nitrogen and oxygen atoms in total. The van der Waals surface area contributed by atoms with Crippen LogP contribution in [0.3, 0.4) is 0 Å². The molecule has 1 amide bonds. The van der Waals surface area contributed by atoms with E-state index in [1.807, 2.05) is 69.8 Å². The fourth-order valence-corrected chi connectivity index (χ4v) is 2.47. The highest BCUT2D eigenvalue weighted by atomic mass is 16.5. The van der Waals surface area contributed by atoms with Crippen LogP contribution in [0.2, 0.25) is 0 Å². The third kappa shape index (κ3) is 4.45. The average molecular weight is 329 g/mol. The van der Waals surface area contributed by atoms with Crippen molar-refractivity contribution in [1.82, 2.24) is 15.1 Å². The Hall–Kier alpha value is -2.14. The van der Waals surface area contributed by atoms with Gasteiger partial charge in [-0.15, -0.1) is 0 Å². The zero-order chi connectivity index (χ0) is 17.7. The number of aryl methyl sites for hydroxylation is 1. The number of ether oxygens (including phenoxy) is 1. The molecule has 0 aliphatic rings. The van der Waals surface area contributed by atoms with Crippen molar-refractivity contribution in [2.24, 2.45) is 12.5 Å². The molecule has 2 rings (SSSR count). The van der Waals surface area contributed by atoms with E-state index < -0.39 is 5.41 Å². The van der Waals surface area contributed by atoms with Gasteiger partial charge in [-0.3, -0.25) is 9.48 Å². The predicted molar refractivity (Wildman–Crippen MR) is 94.4 cm³/mol.